The van der Waals surface area contributed by atoms with Crippen LogP contribution in [-0.2, 0) is 26.1 Å². The number of halogens is 1. The van der Waals surface area contributed by atoms with Gasteiger partial charge in [0.05, 0.1) is 18.9 Å². The molecule has 0 bridgehead atoms. The second-order valence-corrected chi connectivity index (χ2v) is 11.2. The minimum Gasteiger partial charge on any atom is -0.383 e. The van der Waals surface area contributed by atoms with E-state index >= 15 is 0 Å². The summed E-state index contributed by atoms with van der Waals surface area (Å²) in [6.07, 6.45) is 1.71. The molecule has 0 saturated carbocycles. The topological polar surface area (TPSA) is 90.5 Å². The van der Waals surface area contributed by atoms with Crippen molar-refractivity contribution >= 4 is 33.6 Å². The van der Waals surface area contributed by atoms with E-state index in [1.165, 1.54) is 11.4 Å². The normalized spacial score (nSPS) is 14.9. The number of likely N-dealkylation sites (tertiary alicyclic amines) is 1. The molecule has 1 heterocycles. The predicted octanol–water partition coefficient (Wildman–Crippen LogP) is 2.50. The zero-order valence-electron chi connectivity index (χ0n) is 20.6. The van der Waals surface area contributed by atoms with E-state index in [9.17, 15) is 18.0 Å². The van der Waals surface area contributed by atoms with Crippen LogP contribution < -0.4 is 0 Å². The van der Waals surface area contributed by atoms with Crippen LogP contribution in [0.3, 0.4) is 0 Å². The van der Waals surface area contributed by atoms with Gasteiger partial charge in [-0.2, -0.15) is 4.31 Å². The SMILES string of the molecule is CCCS(=O)(=O)N(CCOC)CC(=O)N(Cc1ccc(Cl)cc1)C1CCN(C(=O)N(C)C)CC1. The molecule has 0 radical (unpaired) electrons. The van der Waals surface area contributed by atoms with E-state index in [0.29, 0.717) is 43.9 Å². The van der Waals surface area contributed by atoms with Crippen molar-refractivity contribution in [1.82, 2.24) is 19.0 Å². The summed E-state index contributed by atoms with van der Waals surface area (Å²) < 4.78 is 31.9. The molecule has 1 aromatic rings. The fourth-order valence-electron chi connectivity index (χ4n) is 4.00. The number of sulfonamides is 1. The Kier molecular flexibility index (Phi) is 11.1. The van der Waals surface area contributed by atoms with Crippen molar-refractivity contribution in [1.29, 1.82) is 0 Å². The first-order valence-corrected chi connectivity index (χ1v) is 13.5. The molecule has 0 atom stereocenters. The van der Waals surface area contributed by atoms with E-state index in [0.717, 1.165) is 5.56 Å². The van der Waals surface area contributed by atoms with Gasteiger partial charge < -0.3 is 19.4 Å². The van der Waals surface area contributed by atoms with Crippen molar-refractivity contribution in [2.75, 3.05) is 59.7 Å². The number of hydrogen-bond donors (Lipinski definition) is 0. The highest BCUT2D eigenvalue weighted by Crippen LogP contribution is 2.22. The first kappa shape index (κ1) is 28.4. The molecule has 192 valence electrons. The molecule has 2 rings (SSSR count). The summed E-state index contributed by atoms with van der Waals surface area (Å²) in [4.78, 5) is 30.9. The zero-order chi connectivity index (χ0) is 25.3. The number of methoxy groups -OCH3 is 1. The van der Waals surface area contributed by atoms with Crippen LogP contribution in [0.15, 0.2) is 24.3 Å². The highest BCUT2D eigenvalue weighted by molar-refractivity contribution is 7.89. The Balaban J connectivity index is 2.23. The van der Waals surface area contributed by atoms with Gasteiger partial charge in [-0.25, -0.2) is 13.2 Å². The maximum atomic E-state index is 13.5. The van der Waals surface area contributed by atoms with Crippen molar-refractivity contribution < 1.29 is 22.7 Å². The Morgan fingerprint density at radius 1 is 1.15 bits per heavy atom. The van der Waals surface area contributed by atoms with E-state index in [1.54, 1.807) is 47.9 Å². The lowest BCUT2D eigenvalue weighted by Crippen LogP contribution is -2.52. The number of ether oxygens (including phenoxy) is 1. The van der Waals surface area contributed by atoms with Crippen LogP contribution >= 0.6 is 11.6 Å². The van der Waals surface area contributed by atoms with E-state index in [2.05, 4.69) is 0 Å². The summed E-state index contributed by atoms with van der Waals surface area (Å²) in [6.45, 7) is 3.29. The lowest BCUT2D eigenvalue weighted by molar-refractivity contribution is -0.135. The van der Waals surface area contributed by atoms with E-state index in [-0.39, 0.29) is 43.4 Å². The van der Waals surface area contributed by atoms with Crippen molar-refractivity contribution in [3.05, 3.63) is 34.9 Å². The summed E-state index contributed by atoms with van der Waals surface area (Å²) >= 11 is 6.02. The third kappa shape index (κ3) is 8.11. The summed E-state index contributed by atoms with van der Waals surface area (Å²) in [7, 11) is 1.36. The first-order valence-electron chi connectivity index (χ1n) is 11.6. The van der Waals surface area contributed by atoms with Crippen LogP contribution in [0, 0.1) is 0 Å². The molecular weight excluding hydrogens is 480 g/mol. The predicted molar refractivity (Wildman–Crippen MR) is 133 cm³/mol. The van der Waals surface area contributed by atoms with Gasteiger partial charge in [0.2, 0.25) is 15.9 Å². The Morgan fingerprint density at radius 3 is 2.29 bits per heavy atom. The van der Waals surface area contributed by atoms with E-state index in [1.807, 2.05) is 12.1 Å². The summed E-state index contributed by atoms with van der Waals surface area (Å²) in [5.74, 6) is -0.283. The molecule has 1 aliphatic heterocycles. The van der Waals surface area contributed by atoms with Crippen molar-refractivity contribution in [2.24, 2.45) is 0 Å². The minimum atomic E-state index is -3.58. The molecule has 11 heteroatoms. The van der Waals surface area contributed by atoms with Gasteiger partial charge >= 0.3 is 6.03 Å². The van der Waals surface area contributed by atoms with Gasteiger partial charge in [0.1, 0.15) is 0 Å². The highest BCUT2D eigenvalue weighted by Gasteiger charge is 2.32. The summed E-state index contributed by atoms with van der Waals surface area (Å²) in [5, 5.41) is 0.605. The van der Waals surface area contributed by atoms with Crippen LogP contribution in [0.2, 0.25) is 5.02 Å². The molecule has 9 nitrogen and oxygen atoms in total. The molecule has 0 N–H and O–H groups in total. The van der Waals surface area contributed by atoms with Crippen molar-refractivity contribution in [3.8, 4) is 0 Å². The van der Waals surface area contributed by atoms with Crippen LogP contribution in [0.1, 0.15) is 31.7 Å². The van der Waals surface area contributed by atoms with Crippen molar-refractivity contribution in [3.63, 3.8) is 0 Å². The number of amides is 3. The van der Waals surface area contributed by atoms with Gasteiger partial charge in [-0.1, -0.05) is 30.7 Å². The Hall–Kier alpha value is -1.88. The largest absolute Gasteiger partial charge is 0.383 e. The number of benzene rings is 1. The first-order chi connectivity index (χ1) is 16.1. The maximum Gasteiger partial charge on any atom is 0.319 e. The fraction of sp³-hybridized carbons (Fsp3) is 0.652. The second kappa shape index (κ2) is 13.3. The van der Waals surface area contributed by atoms with Crippen LogP contribution in [0.25, 0.3) is 0 Å². The molecule has 0 unspecified atom stereocenters. The number of carbonyl (C=O) groups is 2. The number of carbonyl (C=O) groups excluding carboxylic acids is 2. The summed E-state index contributed by atoms with van der Waals surface area (Å²) in [5.41, 5.74) is 0.907. The maximum absolute atomic E-state index is 13.5. The van der Waals surface area contributed by atoms with Gasteiger partial charge in [0, 0.05) is 58.4 Å². The highest BCUT2D eigenvalue weighted by atomic mass is 35.5. The van der Waals surface area contributed by atoms with Crippen LogP contribution in [0.4, 0.5) is 4.79 Å². The van der Waals surface area contributed by atoms with Gasteiger partial charge in [-0.05, 0) is 37.0 Å². The van der Waals surface area contributed by atoms with E-state index in [4.69, 9.17) is 16.3 Å². The minimum absolute atomic E-state index is 0.0216. The monoisotopic (exact) mass is 516 g/mol. The molecule has 0 aromatic heterocycles. The number of piperidine rings is 1. The van der Waals surface area contributed by atoms with Gasteiger partial charge in [-0.15, -0.1) is 0 Å². The Labute approximate surface area is 208 Å². The molecule has 1 saturated heterocycles. The standard InChI is InChI=1S/C23H37ClN4O5S/c1-5-16-34(31,32)27(14-15-33-4)18-22(29)28(17-19-6-8-20(24)9-7-19)21-10-12-26(13-11-21)23(30)25(2)3/h6-9,21H,5,10-18H2,1-4H3. The number of nitrogens with zero attached hydrogens (tertiary/aromatic N) is 4. The lowest BCUT2D eigenvalue weighted by Gasteiger charge is -2.40. The third-order valence-corrected chi connectivity index (χ3v) is 8.13. The van der Waals surface area contributed by atoms with E-state index < -0.39 is 10.0 Å². The number of hydrogen-bond acceptors (Lipinski definition) is 5. The smallest absolute Gasteiger partial charge is 0.319 e. The molecule has 34 heavy (non-hydrogen) atoms. The molecular formula is C23H37ClN4O5S. The fourth-order valence-corrected chi connectivity index (χ4v) is 5.56. The molecule has 0 spiro atoms. The molecule has 1 aromatic carbocycles. The second-order valence-electron chi connectivity index (χ2n) is 8.69. The zero-order valence-corrected chi connectivity index (χ0v) is 22.1. The molecule has 1 aliphatic rings. The van der Waals surface area contributed by atoms with Gasteiger partial charge in [-0.3, -0.25) is 4.79 Å². The lowest BCUT2D eigenvalue weighted by atomic mass is 10.0. The Morgan fingerprint density at radius 2 is 1.76 bits per heavy atom. The average Bonchev–Trinajstić information content (AvgIpc) is 2.80. The average molecular weight is 517 g/mol. The van der Waals surface area contributed by atoms with Crippen LogP contribution in [-0.4, -0.2) is 105 Å². The van der Waals surface area contributed by atoms with Gasteiger partial charge in [0.15, 0.2) is 0 Å². The van der Waals surface area contributed by atoms with Gasteiger partial charge in [0.25, 0.3) is 0 Å². The molecule has 3 amide bonds. The number of urea groups is 1. The Bertz CT molecular complexity index is 902. The quantitative estimate of drug-likeness (QED) is 0.450. The molecule has 1 fully saturated rings. The number of rotatable bonds is 11. The van der Waals surface area contributed by atoms with Crippen molar-refractivity contribution in [2.45, 2.75) is 38.8 Å². The summed E-state index contributed by atoms with van der Waals surface area (Å²) in [6, 6.07) is 7.12. The van der Waals surface area contributed by atoms with Crippen LogP contribution in [0.5, 0.6) is 0 Å². The molecule has 0 aliphatic carbocycles. The third-order valence-electron chi connectivity index (χ3n) is 5.86.